The molecule has 2 aliphatic carbocycles. The minimum absolute atomic E-state index is 0.593. The van der Waals surface area contributed by atoms with E-state index in [0.717, 1.165) is 112 Å². The summed E-state index contributed by atoms with van der Waals surface area (Å²) in [6.45, 7) is 0. The molecule has 0 saturated heterocycles. The largest absolute Gasteiger partial charge is 0.228 e. The highest BCUT2D eigenvalue weighted by Crippen LogP contribution is 2.60. The smallest absolute Gasteiger partial charge is 0.164 e. The highest BCUT2D eigenvalue weighted by atomic mass is 15.0. The molecule has 4 aromatic heterocycles. The molecule has 10 nitrogen and oxygen atoms in total. The van der Waals surface area contributed by atoms with Crippen molar-refractivity contribution in [2.24, 2.45) is 0 Å². The van der Waals surface area contributed by atoms with Crippen LogP contribution in [0.1, 0.15) is 44.5 Å². The Morgan fingerprint density at radius 2 is 0.321 bits per heavy atom. The Balaban J connectivity index is 0.000000151. The molecule has 0 saturated carbocycles. The zero-order valence-electron chi connectivity index (χ0n) is 72.8. The fraction of sp³-hybridized carbons (Fsp3) is 0.0161. The number of nitrogens with zero attached hydrogens (tertiary/aromatic N) is 10. The van der Waals surface area contributed by atoms with E-state index < -0.39 is 10.8 Å². The molecular weight excluding hydrogens is 1630 g/mol. The molecule has 0 spiro atoms. The van der Waals surface area contributed by atoms with Crippen LogP contribution in [-0.4, -0.2) is 49.8 Å². The number of aromatic nitrogens is 10. The third-order valence-corrected chi connectivity index (χ3v) is 25.7. The van der Waals surface area contributed by atoms with E-state index in [1.807, 2.05) is 158 Å². The average molecular weight is 1710 g/mol. The molecule has 0 atom stereocenters. The summed E-state index contributed by atoms with van der Waals surface area (Å²) in [5.41, 5.74) is 32.2. The predicted molar refractivity (Wildman–Crippen MR) is 542 cm³/mol. The number of hydrogen-bond donors (Lipinski definition) is 0. The molecule has 24 rings (SSSR count). The lowest BCUT2D eigenvalue weighted by Gasteiger charge is -2.34. The third kappa shape index (κ3) is 15.0. The van der Waals surface area contributed by atoms with Crippen LogP contribution >= 0.6 is 0 Å². The summed E-state index contributed by atoms with van der Waals surface area (Å²) in [7, 11) is 0. The van der Waals surface area contributed by atoms with Crippen LogP contribution in [0, 0.1) is 0 Å². The summed E-state index contributed by atoms with van der Waals surface area (Å²) in [4.78, 5) is 51.7. The first-order valence-electron chi connectivity index (χ1n) is 45.2. The fourth-order valence-electron chi connectivity index (χ4n) is 19.5. The van der Waals surface area contributed by atoms with E-state index >= 15 is 0 Å². The Labute approximate surface area is 778 Å². The Hall–Kier alpha value is -17.9. The monoisotopic (exact) mass is 1710 g/mol. The van der Waals surface area contributed by atoms with Crippen molar-refractivity contribution in [3.8, 4) is 181 Å². The van der Waals surface area contributed by atoms with E-state index in [4.69, 9.17) is 49.8 Å². The standard InChI is InChI=1S/2C62H41N5/c1-7-21-43(22-8-1)56-41-57(64-58(63-56)45-23-9-2-10-24-45)44-37-35-42(36-38-44)51-39-52-50-33-19-20-34-54(50)62(48-29-15-5-16-30-48,49-31-17-6-18-32-49)55(52)40-53(51)61-66-59(46-25-11-3-12-26-46)65-60(67-61)47-27-13-4-14-28-47;1-7-21-43(22-8-1)56-41-57(64-58(63-56)44-23-9-2-10-24-44)53-39-52-50-33-19-20-34-54(50)62(48-29-15-5-16-30-48,49-31-17-6-18-32-49)55(52)40-51(53)42-35-37-47(38-36-42)61-66-59(45-25-11-3-12-26-45)65-60(67-61)46-27-13-4-14-28-46/h2*1-41H. The molecule has 0 bridgehead atoms. The van der Waals surface area contributed by atoms with Gasteiger partial charge in [0.15, 0.2) is 46.6 Å². The quantitative estimate of drug-likeness (QED) is 0.0819. The van der Waals surface area contributed by atoms with Gasteiger partial charge in [-0.15, -0.1) is 0 Å². The van der Waals surface area contributed by atoms with Crippen LogP contribution in [0.3, 0.4) is 0 Å². The Kier molecular flexibility index (Phi) is 21.3. The van der Waals surface area contributed by atoms with Gasteiger partial charge in [-0.2, -0.15) is 0 Å². The summed E-state index contributed by atoms with van der Waals surface area (Å²) < 4.78 is 0. The SMILES string of the molecule is c1ccc(-c2cc(-c3cc4c(cc3-c3ccc(-c5nc(-c6ccccc6)nc(-c6ccccc6)n5)cc3)C(c3ccccc3)(c3ccccc3)c3ccccc3-4)nc(-c3ccccc3)n2)cc1.c1ccc(-c2cc(-c3ccc(-c4cc5c(cc4-c4nc(-c6ccccc6)nc(-c6ccccc6)n4)C(c4ccccc4)(c4ccccc4)c4ccccc4-5)cc3)nc(-c3ccccc3)n2)cc1. The van der Waals surface area contributed by atoms with Crippen molar-refractivity contribution >= 4 is 0 Å². The van der Waals surface area contributed by atoms with E-state index in [9.17, 15) is 0 Å². The van der Waals surface area contributed by atoms with Gasteiger partial charge in [-0.1, -0.05) is 461 Å². The molecule has 0 fully saturated rings. The van der Waals surface area contributed by atoms with Crippen molar-refractivity contribution in [2.75, 3.05) is 0 Å². The summed E-state index contributed by atoms with van der Waals surface area (Å²) in [6, 6.07) is 174. The molecule has 4 heterocycles. The molecule has 0 N–H and O–H groups in total. The lowest BCUT2D eigenvalue weighted by atomic mass is 9.67. The molecule has 0 amide bonds. The van der Waals surface area contributed by atoms with Gasteiger partial charge in [0.1, 0.15) is 0 Å². The molecule has 628 valence electrons. The molecular formula is C124H82N10. The van der Waals surface area contributed by atoms with E-state index in [-0.39, 0.29) is 0 Å². The molecule has 0 radical (unpaired) electrons. The van der Waals surface area contributed by atoms with Crippen LogP contribution in [0.25, 0.3) is 181 Å². The molecule has 10 heteroatoms. The van der Waals surface area contributed by atoms with Crippen molar-refractivity contribution in [1.29, 1.82) is 0 Å². The molecule has 22 aromatic rings. The van der Waals surface area contributed by atoms with E-state index in [1.54, 1.807) is 0 Å². The van der Waals surface area contributed by atoms with Crippen molar-refractivity contribution in [3.05, 3.63) is 542 Å². The Morgan fingerprint density at radius 3 is 0.642 bits per heavy atom. The summed E-state index contributed by atoms with van der Waals surface area (Å²) >= 11 is 0. The van der Waals surface area contributed by atoms with Gasteiger partial charge in [0.25, 0.3) is 0 Å². The third-order valence-electron chi connectivity index (χ3n) is 25.7. The maximum atomic E-state index is 5.42. The van der Waals surface area contributed by atoms with Crippen molar-refractivity contribution in [3.63, 3.8) is 0 Å². The topological polar surface area (TPSA) is 129 Å². The summed E-state index contributed by atoms with van der Waals surface area (Å²) in [6.07, 6.45) is 0. The van der Waals surface area contributed by atoms with Gasteiger partial charge >= 0.3 is 0 Å². The number of benzene rings is 18. The predicted octanol–water partition coefficient (Wildman–Crippen LogP) is 29.4. The molecule has 134 heavy (non-hydrogen) atoms. The van der Waals surface area contributed by atoms with E-state index in [1.165, 1.54) is 66.8 Å². The highest BCUT2D eigenvalue weighted by molar-refractivity contribution is 5.98. The van der Waals surface area contributed by atoms with Gasteiger partial charge in [0.05, 0.1) is 33.6 Å². The number of rotatable bonds is 18. The minimum atomic E-state index is -0.622. The van der Waals surface area contributed by atoms with Gasteiger partial charge < -0.3 is 0 Å². The first-order chi connectivity index (χ1) is 66.4. The second-order valence-corrected chi connectivity index (χ2v) is 33.6. The Morgan fingerprint density at radius 1 is 0.112 bits per heavy atom. The van der Waals surface area contributed by atoms with Crippen LogP contribution < -0.4 is 0 Å². The van der Waals surface area contributed by atoms with E-state index in [2.05, 4.69) is 340 Å². The molecule has 18 aromatic carbocycles. The maximum absolute atomic E-state index is 5.42. The van der Waals surface area contributed by atoms with E-state index in [0.29, 0.717) is 46.6 Å². The first kappa shape index (κ1) is 80.7. The average Bonchev–Trinajstić information content (AvgIpc) is 1.53. The second kappa shape index (κ2) is 35.3. The van der Waals surface area contributed by atoms with Crippen LogP contribution in [0.2, 0.25) is 0 Å². The zero-order valence-corrected chi connectivity index (χ0v) is 72.8. The van der Waals surface area contributed by atoms with Crippen LogP contribution in [0.15, 0.2) is 497 Å². The second-order valence-electron chi connectivity index (χ2n) is 33.6. The van der Waals surface area contributed by atoms with Crippen molar-refractivity contribution < 1.29 is 0 Å². The van der Waals surface area contributed by atoms with Gasteiger partial charge in [0.2, 0.25) is 0 Å². The summed E-state index contributed by atoms with van der Waals surface area (Å²) in [5, 5.41) is 0. The number of hydrogen-bond acceptors (Lipinski definition) is 10. The van der Waals surface area contributed by atoms with Gasteiger partial charge in [-0.25, -0.2) is 49.8 Å². The highest BCUT2D eigenvalue weighted by Gasteiger charge is 2.49. The van der Waals surface area contributed by atoms with Gasteiger partial charge in [-0.3, -0.25) is 0 Å². The summed E-state index contributed by atoms with van der Waals surface area (Å²) in [5.74, 6) is 5.01. The van der Waals surface area contributed by atoms with Crippen LogP contribution in [-0.2, 0) is 10.8 Å². The van der Waals surface area contributed by atoms with Crippen molar-refractivity contribution in [1.82, 2.24) is 49.8 Å². The lowest BCUT2D eigenvalue weighted by Crippen LogP contribution is -2.28. The van der Waals surface area contributed by atoms with Crippen LogP contribution in [0.5, 0.6) is 0 Å². The molecule has 0 aliphatic heterocycles. The Bertz CT molecular complexity index is 7700. The fourth-order valence-corrected chi connectivity index (χ4v) is 19.5. The maximum Gasteiger partial charge on any atom is 0.164 e. The lowest BCUT2D eigenvalue weighted by molar-refractivity contribution is 0.768. The van der Waals surface area contributed by atoms with Crippen LogP contribution in [0.4, 0.5) is 0 Å². The van der Waals surface area contributed by atoms with Gasteiger partial charge in [0, 0.05) is 66.8 Å². The first-order valence-corrected chi connectivity index (χ1v) is 45.2. The number of fused-ring (bicyclic) bond motifs is 6. The molecule has 2 aliphatic rings. The zero-order chi connectivity index (χ0) is 89.1. The minimum Gasteiger partial charge on any atom is -0.228 e. The van der Waals surface area contributed by atoms with Gasteiger partial charge in [-0.05, 0) is 125 Å². The molecule has 0 unspecified atom stereocenters. The van der Waals surface area contributed by atoms with Crippen molar-refractivity contribution in [2.45, 2.75) is 10.8 Å². The normalized spacial score (nSPS) is 12.3.